The van der Waals surface area contributed by atoms with E-state index in [1.807, 2.05) is 11.4 Å². The molecule has 0 aliphatic heterocycles. The van der Waals surface area contributed by atoms with Gasteiger partial charge >= 0.3 is 0 Å². The molecule has 0 aromatic carbocycles. The Balaban J connectivity index is 1.98. The molecule has 3 rings (SSSR count). The third kappa shape index (κ3) is 1.94. The average molecular weight is 245 g/mol. The lowest BCUT2D eigenvalue weighted by Crippen LogP contribution is -2.24. The molecular formula is C13H19N5. The maximum absolute atomic E-state index is 4.44. The molecule has 1 aliphatic carbocycles. The molecule has 1 aliphatic rings. The van der Waals surface area contributed by atoms with Crippen molar-refractivity contribution in [2.24, 2.45) is 0 Å². The van der Waals surface area contributed by atoms with Crippen molar-refractivity contribution in [3.8, 4) is 0 Å². The van der Waals surface area contributed by atoms with Crippen LogP contribution in [0.3, 0.4) is 0 Å². The van der Waals surface area contributed by atoms with E-state index in [-0.39, 0.29) is 0 Å². The predicted molar refractivity (Wildman–Crippen MR) is 70.8 cm³/mol. The van der Waals surface area contributed by atoms with Gasteiger partial charge in [-0.1, -0.05) is 19.3 Å². The van der Waals surface area contributed by atoms with Crippen molar-refractivity contribution in [2.45, 2.75) is 52.0 Å². The van der Waals surface area contributed by atoms with E-state index in [1.165, 1.54) is 37.7 Å². The lowest BCUT2D eigenvalue weighted by Gasteiger charge is -2.25. The van der Waals surface area contributed by atoms with Crippen molar-refractivity contribution in [1.29, 1.82) is 0 Å². The molecule has 1 saturated carbocycles. The van der Waals surface area contributed by atoms with Gasteiger partial charge in [0.15, 0.2) is 0 Å². The SMILES string of the molecule is Cc1nc2ncnn2c(NC2CCCCC2)c1C. The summed E-state index contributed by atoms with van der Waals surface area (Å²) in [6, 6.07) is 0.562. The lowest BCUT2D eigenvalue weighted by atomic mass is 9.95. The van der Waals surface area contributed by atoms with Gasteiger partial charge in [-0.05, 0) is 26.7 Å². The van der Waals surface area contributed by atoms with Crippen LogP contribution < -0.4 is 5.32 Å². The lowest BCUT2D eigenvalue weighted by molar-refractivity contribution is 0.460. The van der Waals surface area contributed by atoms with Crippen molar-refractivity contribution >= 4 is 11.6 Å². The first-order chi connectivity index (χ1) is 8.75. The monoisotopic (exact) mass is 245 g/mol. The molecule has 0 amide bonds. The summed E-state index contributed by atoms with van der Waals surface area (Å²) in [6.07, 6.45) is 8.06. The van der Waals surface area contributed by atoms with Gasteiger partial charge in [0.2, 0.25) is 0 Å². The standard InChI is InChI=1S/C13H19N5/c1-9-10(2)16-13-14-8-15-18(13)12(9)17-11-6-4-3-5-7-11/h8,11,17H,3-7H2,1-2H3. The van der Waals surface area contributed by atoms with Crippen molar-refractivity contribution in [3.63, 3.8) is 0 Å². The van der Waals surface area contributed by atoms with E-state index < -0.39 is 0 Å². The highest BCUT2D eigenvalue weighted by atomic mass is 15.4. The number of nitrogens with one attached hydrogen (secondary N) is 1. The molecule has 2 heterocycles. The Hall–Kier alpha value is -1.65. The van der Waals surface area contributed by atoms with Gasteiger partial charge in [-0.25, -0.2) is 4.98 Å². The van der Waals surface area contributed by atoms with Crippen LogP contribution in [0, 0.1) is 13.8 Å². The number of rotatable bonds is 2. The van der Waals surface area contributed by atoms with E-state index in [1.54, 1.807) is 6.33 Å². The minimum Gasteiger partial charge on any atom is -0.367 e. The smallest absolute Gasteiger partial charge is 0.254 e. The van der Waals surface area contributed by atoms with Crippen LogP contribution in [0.2, 0.25) is 0 Å². The summed E-state index contributed by atoms with van der Waals surface area (Å²) in [5.41, 5.74) is 2.19. The van der Waals surface area contributed by atoms with Crippen LogP contribution in [-0.4, -0.2) is 25.6 Å². The summed E-state index contributed by atoms with van der Waals surface area (Å²) in [4.78, 5) is 8.61. The highest BCUT2D eigenvalue weighted by Crippen LogP contribution is 2.24. The summed E-state index contributed by atoms with van der Waals surface area (Å²) in [7, 11) is 0. The van der Waals surface area contributed by atoms with Crippen LogP contribution in [0.25, 0.3) is 5.78 Å². The van der Waals surface area contributed by atoms with Crippen molar-refractivity contribution in [2.75, 3.05) is 5.32 Å². The Morgan fingerprint density at radius 1 is 1.22 bits per heavy atom. The fourth-order valence-corrected chi connectivity index (χ4v) is 2.64. The van der Waals surface area contributed by atoms with Gasteiger partial charge < -0.3 is 5.32 Å². The largest absolute Gasteiger partial charge is 0.367 e. The molecule has 5 heteroatoms. The van der Waals surface area contributed by atoms with Gasteiger partial charge in [0.1, 0.15) is 12.1 Å². The average Bonchev–Trinajstić information content (AvgIpc) is 2.84. The maximum atomic E-state index is 4.44. The molecule has 2 aromatic rings. The zero-order valence-corrected chi connectivity index (χ0v) is 11.0. The molecule has 0 spiro atoms. The van der Waals surface area contributed by atoms with Gasteiger partial charge in [0.25, 0.3) is 5.78 Å². The van der Waals surface area contributed by atoms with Crippen molar-refractivity contribution in [1.82, 2.24) is 19.6 Å². The molecule has 0 radical (unpaired) electrons. The first-order valence-electron chi connectivity index (χ1n) is 6.69. The topological polar surface area (TPSA) is 55.1 Å². The van der Waals surface area contributed by atoms with E-state index in [2.05, 4.69) is 27.3 Å². The Bertz CT molecular complexity index is 554. The van der Waals surface area contributed by atoms with Crippen molar-refractivity contribution < 1.29 is 0 Å². The fraction of sp³-hybridized carbons (Fsp3) is 0.615. The van der Waals surface area contributed by atoms with E-state index >= 15 is 0 Å². The second kappa shape index (κ2) is 4.55. The molecule has 18 heavy (non-hydrogen) atoms. The number of hydrogen-bond donors (Lipinski definition) is 1. The number of aromatic nitrogens is 4. The molecule has 0 saturated heterocycles. The Labute approximate surface area is 107 Å². The highest BCUT2D eigenvalue weighted by molar-refractivity contribution is 5.52. The van der Waals surface area contributed by atoms with Gasteiger partial charge in [-0.2, -0.15) is 14.6 Å². The first kappa shape index (κ1) is 11.4. The molecule has 0 atom stereocenters. The number of hydrogen-bond acceptors (Lipinski definition) is 4. The molecular weight excluding hydrogens is 226 g/mol. The zero-order chi connectivity index (χ0) is 12.5. The zero-order valence-electron chi connectivity index (χ0n) is 11.0. The number of nitrogens with zero attached hydrogens (tertiary/aromatic N) is 4. The summed E-state index contributed by atoms with van der Waals surface area (Å²) in [6.45, 7) is 4.12. The number of anilines is 1. The Morgan fingerprint density at radius 3 is 2.78 bits per heavy atom. The third-order valence-electron chi connectivity index (χ3n) is 3.85. The summed E-state index contributed by atoms with van der Waals surface area (Å²) in [5, 5.41) is 7.91. The quantitative estimate of drug-likeness (QED) is 0.883. The predicted octanol–water partition coefficient (Wildman–Crippen LogP) is 2.49. The summed E-state index contributed by atoms with van der Waals surface area (Å²) in [5.74, 6) is 1.73. The normalized spacial score (nSPS) is 17.2. The van der Waals surface area contributed by atoms with Gasteiger partial charge in [-0.3, -0.25) is 0 Å². The van der Waals surface area contributed by atoms with Gasteiger partial charge in [-0.15, -0.1) is 0 Å². The maximum Gasteiger partial charge on any atom is 0.254 e. The van der Waals surface area contributed by atoms with Gasteiger partial charge in [0.05, 0.1) is 0 Å². The highest BCUT2D eigenvalue weighted by Gasteiger charge is 2.17. The third-order valence-corrected chi connectivity index (χ3v) is 3.85. The first-order valence-corrected chi connectivity index (χ1v) is 6.69. The van der Waals surface area contributed by atoms with Crippen LogP contribution in [0.15, 0.2) is 6.33 Å². The van der Waals surface area contributed by atoms with Crippen molar-refractivity contribution in [3.05, 3.63) is 17.6 Å². The molecule has 0 bridgehead atoms. The second-order valence-electron chi connectivity index (χ2n) is 5.12. The number of aryl methyl sites for hydroxylation is 1. The molecule has 0 unspecified atom stereocenters. The minimum absolute atomic E-state index is 0.562. The van der Waals surface area contributed by atoms with Crippen LogP contribution in [0.1, 0.15) is 43.4 Å². The van der Waals surface area contributed by atoms with Crippen LogP contribution in [-0.2, 0) is 0 Å². The van der Waals surface area contributed by atoms with E-state index in [4.69, 9.17) is 0 Å². The summed E-state index contributed by atoms with van der Waals surface area (Å²) < 4.78 is 1.82. The molecule has 1 N–H and O–H groups in total. The molecule has 5 nitrogen and oxygen atoms in total. The molecule has 96 valence electrons. The molecule has 1 fully saturated rings. The molecule has 2 aromatic heterocycles. The number of fused-ring (bicyclic) bond motifs is 1. The second-order valence-corrected chi connectivity index (χ2v) is 5.12. The van der Waals surface area contributed by atoms with Crippen LogP contribution in [0.4, 0.5) is 5.82 Å². The van der Waals surface area contributed by atoms with E-state index in [0.29, 0.717) is 11.8 Å². The Morgan fingerprint density at radius 2 is 2.00 bits per heavy atom. The van der Waals surface area contributed by atoms with Crippen LogP contribution in [0.5, 0.6) is 0 Å². The van der Waals surface area contributed by atoms with E-state index in [9.17, 15) is 0 Å². The minimum atomic E-state index is 0.562. The van der Waals surface area contributed by atoms with Crippen LogP contribution >= 0.6 is 0 Å². The summed E-state index contributed by atoms with van der Waals surface area (Å²) >= 11 is 0. The van der Waals surface area contributed by atoms with E-state index in [0.717, 1.165) is 11.5 Å². The Kier molecular flexibility index (Phi) is 2.89. The fourth-order valence-electron chi connectivity index (χ4n) is 2.64. The van der Waals surface area contributed by atoms with Gasteiger partial charge in [0, 0.05) is 17.3 Å².